The van der Waals surface area contributed by atoms with Crippen molar-refractivity contribution in [1.29, 1.82) is 0 Å². The molecule has 3 heteroatoms. The molecule has 1 aromatic carbocycles. The van der Waals surface area contributed by atoms with Gasteiger partial charge in [-0.2, -0.15) is 0 Å². The van der Waals surface area contributed by atoms with Crippen LogP contribution in [-0.2, 0) is 0 Å². The maximum atomic E-state index is 11.4. The number of nitrogens with two attached hydrogens (primary N) is 1. The molecule has 2 rings (SSSR count). The van der Waals surface area contributed by atoms with Gasteiger partial charge in [0.15, 0.2) is 5.78 Å². The van der Waals surface area contributed by atoms with E-state index in [0.717, 1.165) is 16.3 Å². The first kappa shape index (κ1) is 9.80. The number of carbonyl (C=O) groups is 1. The number of benzene rings is 1. The number of pyridine rings is 1. The van der Waals surface area contributed by atoms with Crippen LogP contribution >= 0.6 is 0 Å². The van der Waals surface area contributed by atoms with Gasteiger partial charge in [-0.3, -0.25) is 9.78 Å². The van der Waals surface area contributed by atoms with Crippen LogP contribution in [0.5, 0.6) is 0 Å². The molecular weight excluding hydrogens is 188 g/mol. The first-order valence-corrected chi connectivity index (χ1v) is 4.80. The van der Waals surface area contributed by atoms with Gasteiger partial charge >= 0.3 is 0 Å². The zero-order valence-electron chi connectivity index (χ0n) is 8.53. The fraction of sp³-hybridized carbons (Fsp3) is 0.167. The van der Waals surface area contributed by atoms with E-state index in [1.165, 1.54) is 0 Å². The molecule has 0 unspecified atom stereocenters. The van der Waals surface area contributed by atoms with Crippen LogP contribution in [0.4, 0.5) is 0 Å². The number of ketones is 1. The van der Waals surface area contributed by atoms with Gasteiger partial charge in [-0.25, -0.2) is 0 Å². The van der Waals surface area contributed by atoms with E-state index >= 15 is 0 Å². The van der Waals surface area contributed by atoms with Crippen LogP contribution in [0.25, 0.3) is 10.8 Å². The van der Waals surface area contributed by atoms with E-state index < -0.39 is 0 Å². The van der Waals surface area contributed by atoms with Crippen LogP contribution in [0, 0.1) is 6.92 Å². The summed E-state index contributed by atoms with van der Waals surface area (Å²) in [4.78, 5) is 15.5. The zero-order valence-corrected chi connectivity index (χ0v) is 8.53. The van der Waals surface area contributed by atoms with Crippen molar-refractivity contribution in [1.82, 2.24) is 4.98 Å². The predicted molar refractivity (Wildman–Crippen MR) is 59.9 cm³/mol. The molecule has 0 aliphatic carbocycles. The lowest BCUT2D eigenvalue weighted by atomic mass is 10.0. The van der Waals surface area contributed by atoms with Gasteiger partial charge in [0.2, 0.25) is 0 Å². The van der Waals surface area contributed by atoms with E-state index in [0.29, 0.717) is 5.56 Å². The number of hydrogen-bond donors (Lipinski definition) is 1. The van der Waals surface area contributed by atoms with E-state index in [2.05, 4.69) is 4.98 Å². The minimum Gasteiger partial charge on any atom is -0.324 e. The van der Waals surface area contributed by atoms with Crippen molar-refractivity contribution >= 4 is 16.6 Å². The van der Waals surface area contributed by atoms with E-state index in [1.54, 1.807) is 6.20 Å². The normalized spacial score (nSPS) is 10.5. The number of rotatable bonds is 2. The molecule has 1 heterocycles. The Morgan fingerprint density at radius 1 is 1.40 bits per heavy atom. The fourth-order valence-corrected chi connectivity index (χ4v) is 1.62. The highest BCUT2D eigenvalue weighted by Crippen LogP contribution is 2.18. The number of fused-ring (bicyclic) bond motifs is 1. The average molecular weight is 200 g/mol. The van der Waals surface area contributed by atoms with Crippen LogP contribution in [-0.4, -0.2) is 17.3 Å². The number of aromatic nitrogens is 1. The van der Waals surface area contributed by atoms with Crippen LogP contribution in [0.2, 0.25) is 0 Å². The molecule has 0 saturated carbocycles. The summed E-state index contributed by atoms with van der Waals surface area (Å²) in [6, 6.07) is 5.59. The molecule has 0 atom stereocenters. The van der Waals surface area contributed by atoms with Crippen molar-refractivity contribution in [2.75, 3.05) is 6.54 Å². The van der Waals surface area contributed by atoms with Gasteiger partial charge in [-0.05, 0) is 23.9 Å². The molecule has 2 N–H and O–H groups in total. The van der Waals surface area contributed by atoms with Crippen molar-refractivity contribution < 1.29 is 4.79 Å². The average Bonchev–Trinajstić information content (AvgIpc) is 2.28. The molecule has 0 aliphatic rings. The molecule has 0 fully saturated rings. The van der Waals surface area contributed by atoms with Crippen LogP contribution < -0.4 is 5.73 Å². The molecule has 0 amide bonds. The molecule has 0 spiro atoms. The Balaban J connectivity index is 2.62. The topological polar surface area (TPSA) is 56.0 Å². The number of hydrogen-bond acceptors (Lipinski definition) is 3. The van der Waals surface area contributed by atoms with Gasteiger partial charge in [0.05, 0.1) is 6.54 Å². The minimum atomic E-state index is -0.0431. The lowest BCUT2D eigenvalue weighted by molar-refractivity contribution is 0.100. The molecule has 3 nitrogen and oxygen atoms in total. The third-order valence-corrected chi connectivity index (χ3v) is 2.47. The Kier molecular flexibility index (Phi) is 2.47. The summed E-state index contributed by atoms with van der Waals surface area (Å²) < 4.78 is 0. The summed E-state index contributed by atoms with van der Waals surface area (Å²) in [5.41, 5.74) is 7.07. The minimum absolute atomic E-state index is 0.0431. The standard InChI is InChI=1S/C12H12N2O/c1-8-6-14-7-10-4-9(12(15)5-13)2-3-11(8)10/h2-4,6-7H,5,13H2,1H3. The second-order valence-corrected chi connectivity index (χ2v) is 3.52. The Bertz CT molecular complexity index is 520. The summed E-state index contributed by atoms with van der Waals surface area (Å²) >= 11 is 0. The quantitative estimate of drug-likeness (QED) is 0.750. The Hall–Kier alpha value is -1.74. The van der Waals surface area contributed by atoms with Crippen molar-refractivity contribution in [2.45, 2.75) is 6.92 Å². The second-order valence-electron chi connectivity index (χ2n) is 3.52. The molecule has 0 radical (unpaired) electrons. The Morgan fingerprint density at radius 2 is 2.20 bits per heavy atom. The largest absolute Gasteiger partial charge is 0.324 e. The van der Waals surface area contributed by atoms with Gasteiger partial charge in [0.1, 0.15) is 0 Å². The van der Waals surface area contributed by atoms with Gasteiger partial charge in [-0.15, -0.1) is 0 Å². The fourth-order valence-electron chi connectivity index (χ4n) is 1.62. The van der Waals surface area contributed by atoms with Crippen molar-refractivity contribution in [3.63, 3.8) is 0 Å². The van der Waals surface area contributed by atoms with Crippen molar-refractivity contribution in [3.05, 3.63) is 41.7 Å². The maximum absolute atomic E-state index is 11.4. The number of Topliss-reactive ketones (excluding diaryl/α,β-unsaturated/α-hetero) is 1. The maximum Gasteiger partial charge on any atom is 0.176 e. The third kappa shape index (κ3) is 1.74. The van der Waals surface area contributed by atoms with Gasteiger partial charge in [0.25, 0.3) is 0 Å². The van der Waals surface area contributed by atoms with Crippen LogP contribution in [0.15, 0.2) is 30.6 Å². The summed E-state index contributed by atoms with van der Waals surface area (Å²) in [6.45, 7) is 2.05. The Labute approximate surface area is 87.9 Å². The lowest BCUT2D eigenvalue weighted by Crippen LogP contribution is -2.13. The van der Waals surface area contributed by atoms with Gasteiger partial charge in [-0.1, -0.05) is 12.1 Å². The van der Waals surface area contributed by atoms with E-state index in [-0.39, 0.29) is 12.3 Å². The predicted octanol–water partition coefficient (Wildman–Crippen LogP) is 1.68. The van der Waals surface area contributed by atoms with Gasteiger partial charge < -0.3 is 5.73 Å². The van der Waals surface area contributed by atoms with Crippen LogP contribution in [0.3, 0.4) is 0 Å². The van der Waals surface area contributed by atoms with Crippen LogP contribution in [0.1, 0.15) is 15.9 Å². The Morgan fingerprint density at radius 3 is 2.93 bits per heavy atom. The van der Waals surface area contributed by atoms with Crippen molar-refractivity contribution in [3.8, 4) is 0 Å². The number of nitrogens with zero attached hydrogens (tertiary/aromatic N) is 1. The SMILES string of the molecule is Cc1cncc2cc(C(=O)CN)ccc12. The molecule has 1 aromatic heterocycles. The van der Waals surface area contributed by atoms with Crippen molar-refractivity contribution in [2.24, 2.45) is 5.73 Å². The third-order valence-electron chi connectivity index (χ3n) is 2.47. The molecule has 0 aliphatic heterocycles. The highest BCUT2D eigenvalue weighted by molar-refractivity contribution is 6.01. The molecule has 76 valence electrons. The highest BCUT2D eigenvalue weighted by atomic mass is 16.1. The van der Waals surface area contributed by atoms with E-state index in [1.807, 2.05) is 31.3 Å². The second kappa shape index (κ2) is 3.79. The smallest absolute Gasteiger partial charge is 0.176 e. The zero-order chi connectivity index (χ0) is 10.8. The monoisotopic (exact) mass is 200 g/mol. The summed E-state index contributed by atoms with van der Waals surface area (Å²) in [5, 5.41) is 2.10. The van der Waals surface area contributed by atoms with Gasteiger partial charge in [0, 0.05) is 23.3 Å². The highest BCUT2D eigenvalue weighted by Gasteiger charge is 2.04. The lowest BCUT2D eigenvalue weighted by Gasteiger charge is -2.03. The number of carbonyl (C=O) groups excluding carboxylic acids is 1. The molecular formula is C12H12N2O. The summed E-state index contributed by atoms with van der Waals surface area (Å²) in [6.07, 6.45) is 3.57. The summed E-state index contributed by atoms with van der Waals surface area (Å²) in [5.74, 6) is -0.0431. The summed E-state index contributed by atoms with van der Waals surface area (Å²) in [7, 11) is 0. The molecule has 0 saturated heterocycles. The number of aryl methyl sites for hydroxylation is 1. The molecule has 15 heavy (non-hydrogen) atoms. The molecule has 2 aromatic rings. The first-order valence-electron chi connectivity index (χ1n) is 4.80. The molecule has 0 bridgehead atoms. The first-order chi connectivity index (χ1) is 7.22. The van der Waals surface area contributed by atoms with E-state index in [9.17, 15) is 4.79 Å². The van der Waals surface area contributed by atoms with E-state index in [4.69, 9.17) is 5.73 Å².